The summed E-state index contributed by atoms with van der Waals surface area (Å²) in [6.07, 6.45) is 3.48. The van der Waals surface area contributed by atoms with Gasteiger partial charge in [0.1, 0.15) is 0 Å². The van der Waals surface area contributed by atoms with E-state index in [1.165, 1.54) is 10.2 Å². The van der Waals surface area contributed by atoms with Crippen LogP contribution in [-0.4, -0.2) is 26.9 Å². The van der Waals surface area contributed by atoms with Gasteiger partial charge >= 0.3 is 0 Å². The van der Waals surface area contributed by atoms with Crippen LogP contribution >= 0.6 is 11.6 Å². The molecule has 2 aromatic carbocycles. The molecule has 0 N–H and O–H groups in total. The van der Waals surface area contributed by atoms with Gasteiger partial charge in [-0.1, -0.05) is 29.3 Å². The molecule has 8 heteroatoms. The highest BCUT2D eigenvalue weighted by atomic mass is 35.5. The maximum absolute atomic E-state index is 13.3. The molecule has 0 saturated carbocycles. The van der Waals surface area contributed by atoms with Crippen molar-refractivity contribution >= 4 is 43.6 Å². The predicted octanol–water partition coefficient (Wildman–Crippen LogP) is 5.10. The lowest BCUT2D eigenvalue weighted by Gasteiger charge is -2.08. The van der Waals surface area contributed by atoms with E-state index in [4.69, 9.17) is 11.6 Å². The molecule has 0 amide bonds. The topological polar surface area (TPSA) is 69.8 Å². The van der Waals surface area contributed by atoms with Crippen molar-refractivity contribution in [2.24, 2.45) is 7.05 Å². The normalized spacial score (nSPS) is 12.1. The van der Waals surface area contributed by atoms with E-state index in [-0.39, 0.29) is 15.8 Å². The highest BCUT2D eigenvalue weighted by Gasteiger charge is 2.23. The summed E-state index contributed by atoms with van der Waals surface area (Å²) >= 11 is 6.27. The van der Waals surface area contributed by atoms with Gasteiger partial charge in [0.2, 0.25) is 5.28 Å². The van der Waals surface area contributed by atoms with Crippen LogP contribution in [0.2, 0.25) is 5.28 Å². The Morgan fingerprint density at radius 1 is 0.903 bits per heavy atom. The molecule has 31 heavy (non-hydrogen) atoms. The third-order valence-electron chi connectivity index (χ3n) is 5.46. The van der Waals surface area contributed by atoms with Gasteiger partial charge in [0, 0.05) is 41.3 Å². The van der Waals surface area contributed by atoms with E-state index in [2.05, 4.69) is 28.2 Å². The molecule has 0 aliphatic heterocycles. The number of aromatic nitrogens is 4. The number of nitrogens with zero attached hydrogens (tertiary/aromatic N) is 4. The molecule has 0 fully saturated rings. The van der Waals surface area contributed by atoms with Crippen molar-refractivity contribution < 1.29 is 8.42 Å². The first kappa shape index (κ1) is 19.8. The van der Waals surface area contributed by atoms with Gasteiger partial charge in [-0.2, -0.15) is 4.98 Å². The van der Waals surface area contributed by atoms with Gasteiger partial charge in [-0.3, -0.25) is 0 Å². The zero-order valence-corrected chi connectivity index (χ0v) is 18.7. The van der Waals surface area contributed by atoms with Gasteiger partial charge in [0.25, 0.3) is 10.0 Å². The fourth-order valence-electron chi connectivity index (χ4n) is 3.88. The van der Waals surface area contributed by atoms with Crippen LogP contribution in [0, 0.1) is 13.8 Å². The summed E-state index contributed by atoms with van der Waals surface area (Å²) in [6, 6.07) is 14.6. The van der Waals surface area contributed by atoms with Crippen molar-refractivity contribution in [2.75, 3.05) is 0 Å². The van der Waals surface area contributed by atoms with E-state index < -0.39 is 10.0 Å². The van der Waals surface area contributed by atoms with Crippen molar-refractivity contribution in [2.45, 2.75) is 18.7 Å². The van der Waals surface area contributed by atoms with Gasteiger partial charge in [-0.05, 0) is 55.8 Å². The van der Waals surface area contributed by atoms with Crippen molar-refractivity contribution in [3.63, 3.8) is 0 Å². The minimum atomic E-state index is -3.84. The Morgan fingerprint density at radius 3 is 2.35 bits per heavy atom. The van der Waals surface area contributed by atoms with E-state index in [1.807, 2.05) is 31.7 Å². The van der Waals surface area contributed by atoms with Crippen LogP contribution in [0.25, 0.3) is 33.2 Å². The lowest BCUT2D eigenvalue weighted by molar-refractivity contribution is 0.588. The molecule has 6 nitrogen and oxygen atoms in total. The second-order valence-corrected chi connectivity index (χ2v) is 9.84. The molecule has 3 heterocycles. The van der Waals surface area contributed by atoms with E-state index >= 15 is 0 Å². The van der Waals surface area contributed by atoms with Crippen LogP contribution in [0.3, 0.4) is 0 Å². The maximum Gasteiger partial charge on any atom is 0.269 e. The average Bonchev–Trinajstić information content (AvgIpc) is 3.29. The zero-order chi connectivity index (χ0) is 21.9. The van der Waals surface area contributed by atoms with Crippen LogP contribution in [0.4, 0.5) is 0 Å². The number of benzene rings is 2. The molecule has 0 bridgehead atoms. The molecule has 156 valence electrons. The van der Waals surface area contributed by atoms with Crippen LogP contribution in [0.15, 0.2) is 65.8 Å². The Morgan fingerprint density at radius 2 is 1.61 bits per heavy atom. The standard InChI is InChI=1S/C23H19ClN4O2S/c1-14-4-7-16(8-5-14)31(29,30)28-11-10-17-21(25-23(24)26-22(17)28)19-13-27(3)20-9-6-15(2)12-18(19)20/h4-13H,1-3H3. The quantitative estimate of drug-likeness (QED) is 0.359. The summed E-state index contributed by atoms with van der Waals surface area (Å²) in [6.45, 7) is 3.94. The molecule has 0 aliphatic rings. The Balaban J connectivity index is 1.78. The van der Waals surface area contributed by atoms with E-state index in [9.17, 15) is 8.42 Å². The Bertz CT molecular complexity index is 1580. The van der Waals surface area contributed by atoms with Gasteiger partial charge in [-0.15, -0.1) is 0 Å². The maximum atomic E-state index is 13.3. The van der Waals surface area contributed by atoms with Crippen molar-refractivity contribution in [1.29, 1.82) is 0 Å². The number of fused-ring (bicyclic) bond motifs is 2. The van der Waals surface area contributed by atoms with Crippen molar-refractivity contribution in [3.05, 3.63) is 77.3 Å². The highest BCUT2D eigenvalue weighted by molar-refractivity contribution is 7.90. The molecule has 0 unspecified atom stereocenters. The van der Waals surface area contributed by atoms with Crippen LogP contribution in [0.5, 0.6) is 0 Å². The van der Waals surface area contributed by atoms with Crippen LogP contribution in [-0.2, 0) is 17.1 Å². The smallest absolute Gasteiger partial charge is 0.269 e. The van der Waals surface area contributed by atoms with Crippen molar-refractivity contribution in [3.8, 4) is 11.3 Å². The number of hydrogen-bond donors (Lipinski definition) is 0. The fourth-order valence-corrected chi connectivity index (χ4v) is 5.34. The molecular weight excluding hydrogens is 432 g/mol. The molecular formula is C23H19ClN4O2S. The Labute approximate surface area is 184 Å². The molecule has 5 rings (SSSR count). The molecule has 5 aromatic rings. The summed E-state index contributed by atoms with van der Waals surface area (Å²) in [5.41, 5.74) is 4.88. The number of rotatable bonds is 3. The lowest BCUT2D eigenvalue weighted by Crippen LogP contribution is -2.12. The first-order chi connectivity index (χ1) is 14.8. The number of hydrogen-bond acceptors (Lipinski definition) is 4. The summed E-state index contributed by atoms with van der Waals surface area (Å²) in [5.74, 6) is 0. The summed E-state index contributed by atoms with van der Waals surface area (Å²) in [4.78, 5) is 8.93. The minimum Gasteiger partial charge on any atom is -0.350 e. The fraction of sp³-hybridized carbons (Fsp3) is 0.130. The van der Waals surface area contributed by atoms with Gasteiger partial charge < -0.3 is 4.57 Å². The molecule has 3 aromatic heterocycles. The number of aryl methyl sites for hydroxylation is 3. The van der Waals surface area contributed by atoms with E-state index in [0.717, 1.165) is 27.6 Å². The van der Waals surface area contributed by atoms with Crippen LogP contribution in [0.1, 0.15) is 11.1 Å². The minimum absolute atomic E-state index is 0.00814. The zero-order valence-electron chi connectivity index (χ0n) is 17.2. The molecule has 0 atom stereocenters. The monoisotopic (exact) mass is 450 g/mol. The lowest BCUT2D eigenvalue weighted by atomic mass is 10.1. The summed E-state index contributed by atoms with van der Waals surface area (Å²) in [7, 11) is -1.87. The second-order valence-electron chi connectivity index (χ2n) is 7.68. The third-order valence-corrected chi connectivity index (χ3v) is 7.31. The van der Waals surface area contributed by atoms with E-state index in [1.54, 1.807) is 30.3 Å². The second kappa shape index (κ2) is 6.93. The SMILES string of the molecule is Cc1ccc(S(=O)(=O)n2ccc3c(-c4cn(C)c5ccc(C)cc45)nc(Cl)nc32)cc1. The highest BCUT2D eigenvalue weighted by Crippen LogP contribution is 2.35. The van der Waals surface area contributed by atoms with E-state index in [0.29, 0.717) is 11.1 Å². The molecule has 0 aliphatic carbocycles. The Kier molecular flexibility index (Phi) is 4.42. The average molecular weight is 451 g/mol. The molecule has 0 saturated heterocycles. The largest absolute Gasteiger partial charge is 0.350 e. The molecule has 0 radical (unpaired) electrons. The van der Waals surface area contributed by atoms with Gasteiger partial charge in [0.15, 0.2) is 5.65 Å². The van der Waals surface area contributed by atoms with Crippen molar-refractivity contribution in [1.82, 2.24) is 18.5 Å². The third kappa shape index (κ3) is 3.12. The summed E-state index contributed by atoms with van der Waals surface area (Å²) < 4.78 is 29.8. The summed E-state index contributed by atoms with van der Waals surface area (Å²) in [5, 5.41) is 1.63. The predicted molar refractivity (Wildman–Crippen MR) is 123 cm³/mol. The van der Waals surface area contributed by atoms with Crippen LogP contribution < -0.4 is 0 Å². The first-order valence-corrected chi connectivity index (χ1v) is 11.5. The van der Waals surface area contributed by atoms with Gasteiger partial charge in [-0.25, -0.2) is 17.4 Å². The Hall–Kier alpha value is -3.16. The first-order valence-electron chi connectivity index (χ1n) is 9.68. The molecule has 0 spiro atoms. The van der Waals surface area contributed by atoms with Gasteiger partial charge in [0.05, 0.1) is 10.6 Å². The number of halogens is 1.